The molecular weight excluding hydrogens is 411 g/mol. The van der Waals surface area contributed by atoms with Gasteiger partial charge in [0.25, 0.3) is 5.91 Å². The van der Waals surface area contributed by atoms with Crippen LogP contribution in [0, 0.1) is 0 Å². The maximum atomic E-state index is 12.2. The van der Waals surface area contributed by atoms with Gasteiger partial charge in [0.1, 0.15) is 0 Å². The monoisotopic (exact) mass is 429 g/mol. The minimum atomic E-state index is -5.00. The number of hydrogen-bond acceptors (Lipinski definition) is 4. The normalized spacial score (nSPS) is 13.5. The first-order valence-electron chi connectivity index (χ1n) is 9.61. The number of alkyl halides is 3. The zero-order valence-electron chi connectivity index (χ0n) is 16.3. The van der Waals surface area contributed by atoms with Crippen molar-refractivity contribution in [2.24, 2.45) is 0 Å². The zero-order chi connectivity index (χ0) is 22.0. The Morgan fingerprint density at radius 2 is 1.97 bits per heavy atom. The number of nitrogens with one attached hydrogen (secondary N) is 2. The van der Waals surface area contributed by atoms with Gasteiger partial charge >= 0.3 is 12.1 Å². The van der Waals surface area contributed by atoms with E-state index in [2.05, 4.69) is 20.0 Å². The molecule has 31 heavy (non-hydrogen) atoms. The van der Waals surface area contributed by atoms with Crippen LogP contribution in [0.5, 0.6) is 0 Å². The Morgan fingerprint density at radius 1 is 1.13 bits per heavy atom. The van der Waals surface area contributed by atoms with Gasteiger partial charge in [-0.1, -0.05) is 18.2 Å². The Bertz CT molecular complexity index is 1140. The van der Waals surface area contributed by atoms with Crippen molar-refractivity contribution in [3.05, 3.63) is 65.5 Å². The van der Waals surface area contributed by atoms with E-state index in [1.165, 1.54) is 0 Å². The Morgan fingerprint density at radius 3 is 2.74 bits per heavy atom. The fourth-order valence-corrected chi connectivity index (χ4v) is 3.43. The van der Waals surface area contributed by atoms with Crippen molar-refractivity contribution in [1.82, 2.24) is 15.3 Å². The molecule has 3 aromatic rings. The fourth-order valence-electron chi connectivity index (χ4n) is 3.43. The molecule has 0 atom stereocenters. The summed E-state index contributed by atoms with van der Waals surface area (Å²) < 4.78 is 40.9. The number of rotatable bonds is 5. The number of ether oxygens (including phenoxy) is 1. The van der Waals surface area contributed by atoms with Gasteiger partial charge in [0, 0.05) is 48.1 Å². The van der Waals surface area contributed by atoms with Gasteiger partial charge in [-0.2, -0.15) is 13.2 Å². The molecule has 0 spiro atoms. The van der Waals surface area contributed by atoms with Crippen molar-refractivity contribution in [2.75, 3.05) is 13.2 Å². The number of amides is 1. The average Bonchev–Trinajstić information content (AvgIpc) is 3.19. The second-order valence-corrected chi connectivity index (χ2v) is 7.09. The highest BCUT2D eigenvalue weighted by molar-refractivity contribution is 5.97. The topological polar surface area (TPSA) is 84.1 Å². The summed E-state index contributed by atoms with van der Waals surface area (Å²) in [4.78, 5) is 30.5. The van der Waals surface area contributed by atoms with Crippen LogP contribution in [-0.4, -0.2) is 41.2 Å². The number of hydrogen-bond donors (Lipinski definition) is 2. The lowest BCUT2D eigenvalue weighted by Crippen LogP contribution is -2.31. The maximum Gasteiger partial charge on any atom is 0.490 e. The van der Waals surface area contributed by atoms with Crippen molar-refractivity contribution in [3.8, 4) is 22.5 Å². The van der Waals surface area contributed by atoms with Crippen LogP contribution in [0.3, 0.4) is 0 Å². The minimum Gasteiger partial charge on any atom is -0.459 e. The van der Waals surface area contributed by atoms with E-state index in [0.29, 0.717) is 23.4 Å². The van der Waals surface area contributed by atoms with E-state index in [4.69, 9.17) is 0 Å². The number of carbonyl (C=O) groups is 2. The molecule has 0 saturated carbocycles. The number of nitrogens with zero attached hydrogens (tertiary/aromatic N) is 1. The fraction of sp³-hybridized carbons (Fsp3) is 0.227. The van der Waals surface area contributed by atoms with Gasteiger partial charge in [-0.3, -0.25) is 9.78 Å². The number of H-pyrrole nitrogens is 1. The Hall–Kier alpha value is -3.62. The van der Waals surface area contributed by atoms with Crippen LogP contribution in [0.4, 0.5) is 13.2 Å². The third-order valence-electron chi connectivity index (χ3n) is 4.95. The molecule has 0 bridgehead atoms. The van der Waals surface area contributed by atoms with E-state index in [9.17, 15) is 22.8 Å². The number of aromatic nitrogens is 2. The van der Waals surface area contributed by atoms with Crippen LogP contribution in [0.2, 0.25) is 0 Å². The predicted molar refractivity (Wildman–Crippen MR) is 106 cm³/mol. The van der Waals surface area contributed by atoms with Gasteiger partial charge in [0.2, 0.25) is 0 Å². The summed E-state index contributed by atoms with van der Waals surface area (Å²) in [6.45, 7) is 0.226. The van der Waals surface area contributed by atoms with Crippen LogP contribution in [-0.2, 0) is 22.4 Å². The predicted octanol–water partition coefficient (Wildman–Crippen LogP) is 3.68. The van der Waals surface area contributed by atoms with E-state index in [1.807, 2.05) is 24.3 Å². The molecule has 1 aromatic carbocycles. The highest BCUT2D eigenvalue weighted by atomic mass is 19.4. The van der Waals surface area contributed by atoms with Crippen molar-refractivity contribution >= 4 is 11.9 Å². The molecule has 2 N–H and O–H groups in total. The van der Waals surface area contributed by atoms with Gasteiger partial charge in [-0.25, -0.2) is 4.79 Å². The lowest BCUT2D eigenvalue weighted by molar-refractivity contribution is -0.199. The number of halogens is 3. The molecule has 3 heterocycles. The molecule has 0 fully saturated rings. The molecule has 6 nitrogen and oxygen atoms in total. The van der Waals surface area contributed by atoms with Crippen LogP contribution in [0.25, 0.3) is 22.5 Å². The summed E-state index contributed by atoms with van der Waals surface area (Å²) in [6, 6.07) is 12.7. The van der Waals surface area contributed by atoms with Crippen molar-refractivity contribution in [1.29, 1.82) is 0 Å². The average molecular weight is 429 g/mol. The lowest BCUT2D eigenvalue weighted by atomic mass is 10.0. The Balaban J connectivity index is 1.51. The SMILES string of the molecule is O=C1NCCc2[nH]c(-c3ccnc(-c4cccc(CCOC(=O)C(F)(F)F)c4)c3)cc21. The first-order chi connectivity index (χ1) is 14.8. The highest BCUT2D eigenvalue weighted by Crippen LogP contribution is 2.27. The number of pyridine rings is 1. The third-order valence-corrected chi connectivity index (χ3v) is 4.95. The number of esters is 1. The maximum absolute atomic E-state index is 12.2. The van der Waals surface area contributed by atoms with Crippen LogP contribution >= 0.6 is 0 Å². The van der Waals surface area contributed by atoms with Gasteiger partial charge in [-0.05, 0) is 29.8 Å². The number of fused-ring (bicyclic) bond motifs is 1. The molecule has 0 radical (unpaired) electrons. The molecule has 0 unspecified atom stereocenters. The largest absolute Gasteiger partial charge is 0.490 e. The molecule has 1 aliphatic heterocycles. The van der Waals surface area contributed by atoms with Crippen LogP contribution in [0.15, 0.2) is 48.7 Å². The zero-order valence-corrected chi connectivity index (χ0v) is 16.3. The summed E-state index contributed by atoms with van der Waals surface area (Å²) in [5, 5.41) is 2.81. The van der Waals surface area contributed by atoms with E-state index in [0.717, 1.165) is 28.9 Å². The summed E-state index contributed by atoms with van der Waals surface area (Å²) >= 11 is 0. The first kappa shape index (κ1) is 20.6. The highest BCUT2D eigenvalue weighted by Gasteiger charge is 2.40. The number of benzene rings is 1. The minimum absolute atomic E-state index is 0.100. The lowest BCUT2D eigenvalue weighted by Gasteiger charge is -2.11. The van der Waals surface area contributed by atoms with E-state index in [-0.39, 0.29) is 18.9 Å². The molecular formula is C22H18F3N3O3. The van der Waals surface area contributed by atoms with Gasteiger partial charge in [0.15, 0.2) is 0 Å². The van der Waals surface area contributed by atoms with Crippen LogP contribution in [0.1, 0.15) is 21.6 Å². The van der Waals surface area contributed by atoms with Crippen molar-refractivity contribution in [2.45, 2.75) is 19.0 Å². The molecule has 1 aliphatic rings. The molecule has 9 heteroatoms. The van der Waals surface area contributed by atoms with Crippen molar-refractivity contribution in [3.63, 3.8) is 0 Å². The molecule has 2 aromatic heterocycles. The quantitative estimate of drug-likeness (QED) is 0.606. The summed E-state index contributed by atoms with van der Waals surface area (Å²) in [7, 11) is 0. The van der Waals surface area contributed by atoms with Gasteiger partial charge in [0.05, 0.1) is 17.9 Å². The van der Waals surface area contributed by atoms with E-state index in [1.54, 1.807) is 24.4 Å². The second kappa shape index (κ2) is 8.25. The first-order valence-corrected chi connectivity index (χ1v) is 9.61. The summed E-state index contributed by atoms with van der Waals surface area (Å²) in [5.41, 5.74) is 5.35. The molecule has 0 saturated heterocycles. The van der Waals surface area contributed by atoms with Gasteiger partial charge in [-0.15, -0.1) is 0 Å². The second-order valence-electron chi connectivity index (χ2n) is 7.09. The Labute approximate surface area is 175 Å². The molecule has 0 aliphatic carbocycles. The smallest absolute Gasteiger partial charge is 0.459 e. The molecule has 4 rings (SSSR count). The molecule has 160 valence electrons. The van der Waals surface area contributed by atoms with Crippen LogP contribution < -0.4 is 5.32 Å². The van der Waals surface area contributed by atoms with E-state index >= 15 is 0 Å². The van der Waals surface area contributed by atoms with E-state index < -0.39 is 12.1 Å². The third kappa shape index (κ3) is 4.60. The number of aromatic amines is 1. The summed E-state index contributed by atoms with van der Waals surface area (Å²) in [5.74, 6) is -2.29. The molecule has 1 amide bonds. The van der Waals surface area contributed by atoms with Crippen molar-refractivity contribution < 1.29 is 27.5 Å². The Kier molecular flexibility index (Phi) is 5.50. The standard InChI is InChI=1S/C22H18F3N3O3/c23-22(24,25)21(30)31-9-6-13-2-1-3-14(10-13)18-11-15(4-7-26-18)19-12-16-17(28-19)5-8-27-20(16)29/h1-4,7,10-12,28H,5-6,8-9H2,(H,27,29). The van der Waals surface area contributed by atoms with Gasteiger partial charge < -0.3 is 15.0 Å². The summed E-state index contributed by atoms with van der Waals surface area (Å²) in [6.07, 6.45) is -2.46. The number of carbonyl (C=O) groups excluding carboxylic acids is 2.